The lowest BCUT2D eigenvalue weighted by molar-refractivity contribution is 0.669. The molecule has 4 heteroatoms. The van der Waals surface area contributed by atoms with Crippen LogP contribution in [0.2, 0.25) is 0 Å². The van der Waals surface area contributed by atoms with E-state index >= 15 is 0 Å². The summed E-state index contributed by atoms with van der Waals surface area (Å²) in [5, 5.41) is 9.86. The number of nitrogens with zero attached hydrogens (tertiary/aromatic N) is 2. The molecule has 0 atom stereocenters. The molecule has 0 amide bonds. The van der Waals surface area contributed by atoms with Gasteiger partial charge in [0.15, 0.2) is 0 Å². The van der Waals surface area contributed by atoms with E-state index in [0.717, 1.165) is 44.7 Å². The number of anilines is 3. The molecule has 3 heterocycles. The van der Waals surface area contributed by atoms with Gasteiger partial charge in [-0.15, -0.1) is 11.3 Å². The van der Waals surface area contributed by atoms with Crippen molar-refractivity contribution in [3.63, 3.8) is 0 Å². The highest BCUT2D eigenvalue weighted by molar-refractivity contribution is 7.26. The van der Waals surface area contributed by atoms with Gasteiger partial charge in [-0.25, -0.2) is 0 Å². The first-order valence-electron chi connectivity index (χ1n) is 16.9. The summed E-state index contributed by atoms with van der Waals surface area (Å²) >= 11 is 1.87. The third-order valence-corrected chi connectivity index (χ3v) is 11.4. The topological polar surface area (TPSA) is 21.3 Å². The first-order valence-corrected chi connectivity index (χ1v) is 17.7. The van der Waals surface area contributed by atoms with Crippen molar-refractivity contribution in [2.75, 3.05) is 4.90 Å². The van der Waals surface area contributed by atoms with Crippen LogP contribution in [0.25, 0.3) is 80.4 Å². The second kappa shape index (κ2) is 10.6. The highest BCUT2D eigenvalue weighted by Crippen LogP contribution is 2.45. The van der Waals surface area contributed by atoms with Gasteiger partial charge in [-0.3, -0.25) is 0 Å². The van der Waals surface area contributed by atoms with E-state index in [4.69, 9.17) is 4.42 Å². The molecule has 0 aliphatic rings. The minimum absolute atomic E-state index is 0.877. The van der Waals surface area contributed by atoms with Crippen LogP contribution in [0.1, 0.15) is 0 Å². The molecule has 50 heavy (non-hydrogen) atoms. The fourth-order valence-corrected chi connectivity index (χ4v) is 9.10. The Bertz CT molecular complexity index is 3110. The number of fused-ring (bicyclic) bond motifs is 11. The van der Waals surface area contributed by atoms with Crippen LogP contribution in [-0.4, -0.2) is 4.57 Å². The summed E-state index contributed by atoms with van der Waals surface area (Å²) in [5.41, 5.74) is 8.50. The molecule has 3 nitrogen and oxygen atoms in total. The normalized spacial score (nSPS) is 12.0. The predicted molar refractivity (Wildman–Crippen MR) is 213 cm³/mol. The van der Waals surface area contributed by atoms with Crippen LogP contribution in [0.4, 0.5) is 17.1 Å². The minimum Gasteiger partial charge on any atom is -0.456 e. The quantitative estimate of drug-likeness (QED) is 0.188. The summed E-state index contributed by atoms with van der Waals surface area (Å²) < 4.78 is 11.4. The summed E-state index contributed by atoms with van der Waals surface area (Å²) in [6.07, 6.45) is 0. The zero-order valence-corrected chi connectivity index (χ0v) is 27.7. The number of rotatable bonds is 4. The Morgan fingerprint density at radius 2 is 1.06 bits per heavy atom. The summed E-state index contributed by atoms with van der Waals surface area (Å²) in [6, 6.07) is 61.3. The van der Waals surface area contributed by atoms with Gasteiger partial charge < -0.3 is 13.9 Å². The maximum atomic E-state index is 6.43. The van der Waals surface area contributed by atoms with Crippen molar-refractivity contribution >= 4 is 103 Å². The van der Waals surface area contributed by atoms with Crippen LogP contribution in [-0.2, 0) is 0 Å². The number of benzene rings is 8. The van der Waals surface area contributed by atoms with E-state index < -0.39 is 0 Å². The number of hydrogen-bond donors (Lipinski definition) is 0. The molecule has 0 spiro atoms. The SMILES string of the molecule is c1ccc(-n2c3ccccc3c3ccc(N(c4ccc5c(c4)oc4ccccc45)c4ccc5sc6c7ccccc7ccc6c5c4)cc32)cc1. The molecule has 11 aromatic rings. The van der Waals surface area contributed by atoms with Crippen molar-refractivity contribution in [1.82, 2.24) is 4.57 Å². The first-order chi connectivity index (χ1) is 24.8. The molecule has 0 aliphatic carbocycles. The van der Waals surface area contributed by atoms with Gasteiger partial charge in [-0.1, -0.05) is 97.1 Å². The van der Waals surface area contributed by atoms with Gasteiger partial charge >= 0.3 is 0 Å². The number of hydrogen-bond acceptors (Lipinski definition) is 3. The molecule has 0 saturated heterocycles. The Morgan fingerprint density at radius 1 is 0.420 bits per heavy atom. The van der Waals surface area contributed by atoms with Crippen molar-refractivity contribution in [2.45, 2.75) is 0 Å². The maximum absolute atomic E-state index is 6.43. The van der Waals surface area contributed by atoms with Crippen LogP contribution in [0.3, 0.4) is 0 Å². The molecule has 0 aliphatic heterocycles. The van der Waals surface area contributed by atoms with Gasteiger partial charge in [-0.2, -0.15) is 0 Å². The van der Waals surface area contributed by atoms with Crippen LogP contribution < -0.4 is 4.90 Å². The monoisotopic (exact) mass is 656 g/mol. The lowest BCUT2D eigenvalue weighted by Crippen LogP contribution is -2.10. The first kappa shape index (κ1) is 27.6. The number of thiophene rings is 1. The van der Waals surface area contributed by atoms with Crippen LogP contribution in [0.15, 0.2) is 174 Å². The fraction of sp³-hybridized carbons (Fsp3) is 0. The molecule has 0 bridgehead atoms. The molecular weight excluding hydrogens is 629 g/mol. The summed E-state index contributed by atoms with van der Waals surface area (Å²) in [5.74, 6) is 0. The zero-order chi connectivity index (χ0) is 32.8. The Labute approximate surface area is 291 Å². The minimum atomic E-state index is 0.877. The number of furan rings is 1. The lowest BCUT2D eigenvalue weighted by Gasteiger charge is -2.26. The van der Waals surface area contributed by atoms with E-state index in [0.29, 0.717) is 0 Å². The largest absolute Gasteiger partial charge is 0.456 e. The molecule has 0 N–H and O–H groups in total. The highest BCUT2D eigenvalue weighted by atomic mass is 32.1. The van der Waals surface area contributed by atoms with Crippen molar-refractivity contribution in [3.05, 3.63) is 170 Å². The van der Waals surface area contributed by atoms with Gasteiger partial charge in [0, 0.05) is 70.5 Å². The zero-order valence-electron chi connectivity index (χ0n) is 26.9. The van der Waals surface area contributed by atoms with E-state index in [1.165, 1.54) is 52.8 Å². The molecule has 0 radical (unpaired) electrons. The van der Waals surface area contributed by atoms with Crippen molar-refractivity contribution in [3.8, 4) is 5.69 Å². The molecule has 234 valence electrons. The Hall–Kier alpha value is -6.36. The van der Waals surface area contributed by atoms with Gasteiger partial charge in [0.05, 0.1) is 11.0 Å². The molecule has 0 saturated carbocycles. The van der Waals surface area contributed by atoms with Gasteiger partial charge in [0.1, 0.15) is 11.2 Å². The van der Waals surface area contributed by atoms with E-state index in [1.807, 2.05) is 23.5 Å². The van der Waals surface area contributed by atoms with E-state index in [2.05, 4.69) is 167 Å². The van der Waals surface area contributed by atoms with Crippen molar-refractivity contribution in [1.29, 1.82) is 0 Å². The molecule has 0 fully saturated rings. The van der Waals surface area contributed by atoms with Crippen molar-refractivity contribution in [2.24, 2.45) is 0 Å². The van der Waals surface area contributed by atoms with Crippen LogP contribution >= 0.6 is 11.3 Å². The molecule has 8 aromatic carbocycles. The predicted octanol–water partition coefficient (Wildman–Crippen LogP) is 13.7. The van der Waals surface area contributed by atoms with E-state index in [1.54, 1.807) is 0 Å². The molecular formula is C46H28N2OS. The third-order valence-electron chi connectivity index (χ3n) is 10.2. The highest BCUT2D eigenvalue weighted by Gasteiger charge is 2.20. The lowest BCUT2D eigenvalue weighted by atomic mass is 10.1. The second-order valence-electron chi connectivity index (χ2n) is 12.9. The summed E-state index contributed by atoms with van der Waals surface area (Å²) in [6.45, 7) is 0. The average molecular weight is 657 g/mol. The Kier molecular flexibility index (Phi) is 5.83. The Morgan fingerprint density at radius 3 is 1.96 bits per heavy atom. The van der Waals surface area contributed by atoms with E-state index in [9.17, 15) is 0 Å². The molecule has 0 unspecified atom stereocenters. The van der Waals surface area contributed by atoms with Gasteiger partial charge in [-0.05, 0) is 77.5 Å². The third kappa shape index (κ3) is 4.03. The van der Waals surface area contributed by atoms with Gasteiger partial charge in [0.25, 0.3) is 0 Å². The standard InChI is InChI=1S/C46H28N2OS/c1-2-11-30(12-3-1)48-41-16-8-6-14-35(41)36-23-19-32(27-42(36)48)47(33-20-24-38-37-15-7-9-17-43(37)49-44(38)28-33)31-21-25-45-40(26-31)39-22-18-29-10-4-5-13-34(29)46(39)50-45/h1-28H. The van der Waals surface area contributed by atoms with Crippen LogP contribution in [0.5, 0.6) is 0 Å². The fourth-order valence-electron chi connectivity index (χ4n) is 7.89. The van der Waals surface area contributed by atoms with Crippen LogP contribution in [0, 0.1) is 0 Å². The summed E-state index contributed by atoms with van der Waals surface area (Å²) in [7, 11) is 0. The summed E-state index contributed by atoms with van der Waals surface area (Å²) in [4.78, 5) is 2.38. The maximum Gasteiger partial charge on any atom is 0.137 e. The van der Waals surface area contributed by atoms with Crippen molar-refractivity contribution < 1.29 is 4.42 Å². The van der Waals surface area contributed by atoms with E-state index in [-0.39, 0.29) is 0 Å². The number of para-hydroxylation sites is 3. The van der Waals surface area contributed by atoms with Gasteiger partial charge in [0.2, 0.25) is 0 Å². The second-order valence-corrected chi connectivity index (χ2v) is 14.0. The Balaban J connectivity index is 1.18. The smallest absolute Gasteiger partial charge is 0.137 e. The molecule has 11 rings (SSSR count). The molecule has 3 aromatic heterocycles. The average Bonchev–Trinajstić information content (AvgIpc) is 3.84. The number of aromatic nitrogens is 1.